The van der Waals surface area contributed by atoms with Gasteiger partial charge in [0, 0.05) is 52.7 Å². The molecule has 5 aromatic rings. The largest absolute Gasteiger partial charge is 0.508 e. The lowest BCUT2D eigenvalue weighted by Gasteiger charge is -2.36. The number of pyridine rings is 2. The van der Waals surface area contributed by atoms with Gasteiger partial charge in [0.1, 0.15) is 23.5 Å². The molecule has 0 saturated carbocycles. The average Bonchev–Trinajstić information content (AvgIpc) is 3.77. The Bertz CT molecular complexity index is 2970. The molecule has 0 fully saturated rings. The van der Waals surface area contributed by atoms with Gasteiger partial charge in [-0.3, -0.25) is 54.8 Å². The Hall–Kier alpha value is -8.01. The predicted molar refractivity (Wildman–Crippen MR) is 225 cm³/mol. The third kappa shape index (κ3) is 6.74. The average molecular weight is 877 g/mol. The zero-order chi connectivity index (χ0) is 46.1. The molecule has 0 spiro atoms. The van der Waals surface area contributed by atoms with Gasteiger partial charge in [0.2, 0.25) is 0 Å². The summed E-state index contributed by atoms with van der Waals surface area (Å²) in [5, 5.41) is 63.9. The minimum Gasteiger partial charge on any atom is -0.508 e. The van der Waals surface area contributed by atoms with Crippen LogP contribution in [0.3, 0.4) is 0 Å². The highest BCUT2D eigenvalue weighted by Crippen LogP contribution is 2.50. The number of benzene rings is 3. The fourth-order valence-corrected chi connectivity index (χ4v) is 8.88. The van der Waals surface area contributed by atoms with Crippen LogP contribution in [-0.2, 0) is 44.3 Å². The number of ketones is 1. The number of Topliss-reactive ketones (excluding diaryl/α,β-unsaturated/α-hetero) is 1. The van der Waals surface area contributed by atoms with Crippen LogP contribution in [-0.4, -0.2) is 76.9 Å². The molecule has 1 unspecified atom stereocenters. The second-order valence-electron chi connectivity index (χ2n) is 16.0. The molecule has 3 aliphatic rings. The van der Waals surface area contributed by atoms with Crippen molar-refractivity contribution in [2.45, 2.75) is 70.7 Å². The molecule has 4 heterocycles. The SMILES string of the molecule is CCCC(ON=C1c2cc([N+](=O)[O-])cc([N+](=O)[O-])c2-c2c1cc([N+](=O)[O-])cc2[N+](=O)[O-])C(=O)C[C@]1(CC)C(=O)OCc2c1cc1n(c2=O)Cc2cc3c(CN(C)C)c(O)ccc3nc2-1. The van der Waals surface area contributed by atoms with E-state index in [0.29, 0.717) is 58.5 Å². The molecule has 8 rings (SSSR count). The summed E-state index contributed by atoms with van der Waals surface area (Å²) in [6.45, 7) is 3.55. The van der Waals surface area contributed by atoms with Crippen molar-refractivity contribution >= 4 is 51.1 Å². The molecule has 64 heavy (non-hydrogen) atoms. The third-order valence-electron chi connectivity index (χ3n) is 11.9. The number of aromatic nitrogens is 2. The Morgan fingerprint density at radius 2 is 1.56 bits per heavy atom. The van der Waals surface area contributed by atoms with Crippen molar-refractivity contribution in [1.82, 2.24) is 14.5 Å². The molecule has 0 bridgehead atoms. The van der Waals surface area contributed by atoms with E-state index in [-0.39, 0.29) is 42.9 Å². The third-order valence-corrected chi connectivity index (χ3v) is 11.9. The Labute approximate surface area is 359 Å². The lowest BCUT2D eigenvalue weighted by molar-refractivity contribution is -0.395. The van der Waals surface area contributed by atoms with Crippen LogP contribution in [0, 0.1) is 40.5 Å². The van der Waals surface area contributed by atoms with Gasteiger partial charge < -0.3 is 24.1 Å². The number of hydrogen-bond donors (Lipinski definition) is 1. The maximum Gasteiger partial charge on any atom is 0.317 e. The minimum absolute atomic E-state index is 0.0204. The van der Waals surface area contributed by atoms with E-state index >= 15 is 0 Å². The van der Waals surface area contributed by atoms with Crippen molar-refractivity contribution in [3.63, 3.8) is 0 Å². The summed E-state index contributed by atoms with van der Waals surface area (Å²) in [6, 6.07) is 9.67. The van der Waals surface area contributed by atoms with Crippen molar-refractivity contribution in [2.24, 2.45) is 5.16 Å². The van der Waals surface area contributed by atoms with Crippen LogP contribution in [0.25, 0.3) is 33.4 Å². The molecule has 0 amide bonds. The summed E-state index contributed by atoms with van der Waals surface area (Å²) in [4.78, 5) is 100.0. The van der Waals surface area contributed by atoms with E-state index in [0.717, 1.165) is 12.1 Å². The van der Waals surface area contributed by atoms with E-state index in [1.807, 2.05) is 25.1 Å². The van der Waals surface area contributed by atoms with Gasteiger partial charge in [-0.2, -0.15) is 0 Å². The summed E-state index contributed by atoms with van der Waals surface area (Å²) in [7, 11) is 3.73. The number of phenolic OH excluding ortho intramolecular Hbond substituents is 1. The summed E-state index contributed by atoms with van der Waals surface area (Å²) in [6.07, 6.45) is -1.81. The first-order chi connectivity index (χ1) is 30.4. The number of nitro benzene ring substituents is 4. The quantitative estimate of drug-likeness (QED) is 0.0732. The van der Waals surface area contributed by atoms with Gasteiger partial charge in [0.15, 0.2) is 11.9 Å². The number of non-ortho nitro benzene ring substituents is 2. The number of phenols is 1. The van der Waals surface area contributed by atoms with E-state index in [4.69, 9.17) is 14.6 Å². The molecule has 1 aliphatic carbocycles. The van der Waals surface area contributed by atoms with Crippen LogP contribution in [0.15, 0.2) is 58.5 Å². The van der Waals surface area contributed by atoms with Crippen molar-refractivity contribution in [3.8, 4) is 28.3 Å². The summed E-state index contributed by atoms with van der Waals surface area (Å²) in [5.74, 6) is -1.40. The van der Waals surface area contributed by atoms with Crippen LogP contribution in [0.4, 0.5) is 22.7 Å². The zero-order valence-electron chi connectivity index (χ0n) is 34.5. The molecule has 2 aromatic heterocycles. The van der Waals surface area contributed by atoms with Crippen molar-refractivity contribution in [3.05, 3.63) is 133 Å². The summed E-state index contributed by atoms with van der Waals surface area (Å²) in [5.41, 5.74) is -4.65. The standard InChI is InChI=1S/C42H36N8O14/c1-5-7-35(64-44-39-24-11-21(47(55)56)13-30(49(59)60)36(24)37-25(39)12-22(48(57)58)14-31(37)50(61)62)34(52)16-42(6-2)28-15-32-38-20(17-46(32)40(53)27(28)19-63-41(42)54)10-23-26(18-45(3)4)33(51)9-8-29(23)43-38/h8-15,35,51H,5-7,16-19H2,1-4H3/t35?,42-/m0/s1. The Balaban J connectivity index is 1.21. The van der Waals surface area contributed by atoms with Crippen LogP contribution in [0.2, 0.25) is 0 Å². The van der Waals surface area contributed by atoms with Gasteiger partial charge in [0.05, 0.1) is 72.0 Å². The molecule has 2 aliphatic heterocycles. The van der Waals surface area contributed by atoms with Gasteiger partial charge in [-0.15, -0.1) is 0 Å². The number of nitrogens with zero attached hydrogens (tertiary/aromatic N) is 8. The number of carbonyl (C=O) groups excluding carboxylic acids is 2. The lowest BCUT2D eigenvalue weighted by atomic mass is 9.70. The van der Waals surface area contributed by atoms with E-state index in [2.05, 4.69) is 5.16 Å². The van der Waals surface area contributed by atoms with Gasteiger partial charge in [-0.1, -0.05) is 25.4 Å². The molecule has 0 saturated heterocycles. The van der Waals surface area contributed by atoms with E-state index in [1.165, 1.54) is 4.57 Å². The molecule has 22 nitrogen and oxygen atoms in total. The maximum absolute atomic E-state index is 14.5. The van der Waals surface area contributed by atoms with Crippen molar-refractivity contribution in [1.29, 1.82) is 0 Å². The molecule has 2 atom stereocenters. The first-order valence-corrected chi connectivity index (χ1v) is 19.9. The monoisotopic (exact) mass is 876 g/mol. The number of aromatic hydroxyl groups is 1. The smallest absolute Gasteiger partial charge is 0.317 e. The first kappa shape index (κ1) is 42.7. The number of fused-ring (bicyclic) bond motifs is 8. The summed E-state index contributed by atoms with van der Waals surface area (Å²) < 4.78 is 7.11. The van der Waals surface area contributed by atoms with Gasteiger partial charge >= 0.3 is 5.97 Å². The normalized spacial score (nSPS) is 16.0. The number of rotatable bonds is 14. The highest BCUT2D eigenvalue weighted by Gasteiger charge is 2.49. The molecule has 0 radical (unpaired) electrons. The number of carbonyl (C=O) groups is 2. The number of nitro groups is 4. The van der Waals surface area contributed by atoms with E-state index < -0.39 is 106 Å². The molecular weight excluding hydrogens is 841 g/mol. The number of cyclic esters (lactones) is 1. The second kappa shape index (κ2) is 15.7. The van der Waals surface area contributed by atoms with Gasteiger partial charge in [0.25, 0.3) is 28.3 Å². The Kier molecular flexibility index (Phi) is 10.5. The molecule has 328 valence electrons. The van der Waals surface area contributed by atoms with Gasteiger partial charge in [-0.05, 0) is 56.8 Å². The second-order valence-corrected chi connectivity index (χ2v) is 16.0. The minimum atomic E-state index is -1.72. The van der Waals surface area contributed by atoms with Crippen molar-refractivity contribution < 1.29 is 44.0 Å². The zero-order valence-corrected chi connectivity index (χ0v) is 34.5. The van der Waals surface area contributed by atoms with Crippen LogP contribution < -0.4 is 5.56 Å². The number of esters is 1. The van der Waals surface area contributed by atoms with Crippen LogP contribution >= 0.6 is 0 Å². The molecule has 1 N–H and O–H groups in total. The van der Waals surface area contributed by atoms with Crippen LogP contribution in [0.1, 0.15) is 72.9 Å². The van der Waals surface area contributed by atoms with E-state index in [9.17, 15) is 59.9 Å². The van der Waals surface area contributed by atoms with E-state index in [1.54, 1.807) is 32.0 Å². The summed E-state index contributed by atoms with van der Waals surface area (Å²) >= 11 is 0. The number of hydrogen-bond acceptors (Lipinski definition) is 17. The maximum atomic E-state index is 14.5. The Morgan fingerprint density at radius 3 is 2.11 bits per heavy atom. The molecule has 3 aromatic carbocycles. The molecule has 22 heteroatoms. The Morgan fingerprint density at radius 1 is 0.938 bits per heavy atom. The van der Waals surface area contributed by atoms with Crippen LogP contribution in [0.5, 0.6) is 5.75 Å². The fraction of sp³-hybridized carbons (Fsp3) is 0.310. The van der Waals surface area contributed by atoms with Crippen molar-refractivity contribution in [2.75, 3.05) is 14.1 Å². The number of oxime groups is 1. The first-order valence-electron chi connectivity index (χ1n) is 19.9. The highest BCUT2D eigenvalue weighted by molar-refractivity contribution is 6.27. The fourth-order valence-electron chi connectivity index (χ4n) is 8.88. The topological polar surface area (TPSA) is 296 Å². The highest BCUT2D eigenvalue weighted by atomic mass is 16.6. The number of ether oxygens (including phenoxy) is 1. The van der Waals surface area contributed by atoms with Gasteiger partial charge in [-0.25, -0.2) is 4.98 Å². The predicted octanol–water partition coefficient (Wildman–Crippen LogP) is 6.11. The lowest BCUT2D eigenvalue weighted by Crippen LogP contribution is -2.47. The molecular formula is C42H36N8O14.